The Hall–Kier alpha value is -1.24. The first-order chi connectivity index (χ1) is 9.04. The van der Waals surface area contributed by atoms with Gasteiger partial charge >= 0.3 is 0 Å². The highest BCUT2D eigenvalue weighted by molar-refractivity contribution is 7.98. The molecule has 0 aliphatic heterocycles. The SMILES string of the molecule is CC(=O)Nc1nc(CSc2cc(N)ccc2Cl)cs1. The van der Waals surface area contributed by atoms with Crippen LogP contribution in [-0.2, 0) is 10.5 Å². The summed E-state index contributed by atoms with van der Waals surface area (Å²) in [4.78, 5) is 16.1. The Morgan fingerprint density at radius 3 is 3.11 bits per heavy atom. The van der Waals surface area contributed by atoms with E-state index in [0.29, 0.717) is 21.6 Å². The van der Waals surface area contributed by atoms with E-state index >= 15 is 0 Å². The number of rotatable bonds is 4. The van der Waals surface area contributed by atoms with Gasteiger partial charge in [-0.3, -0.25) is 4.79 Å². The van der Waals surface area contributed by atoms with Gasteiger partial charge in [0.25, 0.3) is 0 Å². The van der Waals surface area contributed by atoms with Crippen molar-refractivity contribution in [1.29, 1.82) is 0 Å². The molecule has 1 aromatic carbocycles. The Labute approximate surface area is 124 Å². The van der Waals surface area contributed by atoms with E-state index in [4.69, 9.17) is 17.3 Å². The maximum Gasteiger partial charge on any atom is 0.223 e. The Morgan fingerprint density at radius 1 is 1.58 bits per heavy atom. The summed E-state index contributed by atoms with van der Waals surface area (Å²) in [6.45, 7) is 1.46. The van der Waals surface area contributed by atoms with Crippen molar-refractivity contribution in [3.63, 3.8) is 0 Å². The lowest BCUT2D eigenvalue weighted by Crippen LogP contribution is -2.05. The molecule has 100 valence electrons. The molecule has 0 aliphatic rings. The summed E-state index contributed by atoms with van der Waals surface area (Å²) in [5.74, 6) is 0.562. The van der Waals surface area contributed by atoms with Crippen LogP contribution in [0.3, 0.4) is 0 Å². The van der Waals surface area contributed by atoms with Gasteiger partial charge in [-0.05, 0) is 18.2 Å². The lowest BCUT2D eigenvalue weighted by molar-refractivity contribution is -0.114. The number of hydrogen-bond donors (Lipinski definition) is 2. The van der Waals surface area contributed by atoms with E-state index in [1.807, 2.05) is 11.4 Å². The fourth-order valence-corrected chi connectivity index (χ4v) is 3.38. The molecule has 0 aliphatic carbocycles. The monoisotopic (exact) mass is 313 g/mol. The maximum atomic E-state index is 10.9. The minimum atomic E-state index is -0.118. The second-order valence-electron chi connectivity index (χ2n) is 3.80. The second-order valence-corrected chi connectivity index (χ2v) is 6.09. The van der Waals surface area contributed by atoms with Gasteiger partial charge in [0.1, 0.15) is 0 Å². The molecule has 0 saturated heterocycles. The Morgan fingerprint density at radius 2 is 2.37 bits per heavy atom. The van der Waals surface area contributed by atoms with Crippen LogP contribution in [0.1, 0.15) is 12.6 Å². The molecule has 0 saturated carbocycles. The fourth-order valence-electron chi connectivity index (χ4n) is 1.36. The largest absolute Gasteiger partial charge is 0.399 e. The lowest BCUT2D eigenvalue weighted by Gasteiger charge is -2.03. The van der Waals surface area contributed by atoms with Crippen LogP contribution in [0.25, 0.3) is 0 Å². The van der Waals surface area contributed by atoms with Crippen LogP contribution in [0.2, 0.25) is 5.02 Å². The summed E-state index contributed by atoms with van der Waals surface area (Å²) in [6, 6.07) is 5.39. The van der Waals surface area contributed by atoms with Gasteiger partial charge in [0.15, 0.2) is 5.13 Å². The zero-order chi connectivity index (χ0) is 13.8. The number of nitrogens with two attached hydrogens (primary N) is 1. The number of thioether (sulfide) groups is 1. The minimum Gasteiger partial charge on any atom is -0.399 e. The van der Waals surface area contributed by atoms with Gasteiger partial charge in [-0.15, -0.1) is 23.1 Å². The first kappa shape index (κ1) is 14.2. The summed E-state index contributed by atoms with van der Waals surface area (Å²) >= 11 is 9.06. The number of halogens is 1. The van der Waals surface area contributed by atoms with Crippen LogP contribution >= 0.6 is 34.7 Å². The zero-order valence-electron chi connectivity index (χ0n) is 10.1. The molecule has 3 N–H and O–H groups in total. The van der Waals surface area contributed by atoms with Gasteiger partial charge in [0, 0.05) is 28.6 Å². The van der Waals surface area contributed by atoms with Crippen molar-refractivity contribution >= 4 is 51.4 Å². The zero-order valence-corrected chi connectivity index (χ0v) is 12.5. The number of nitrogens with zero attached hydrogens (tertiary/aromatic N) is 1. The van der Waals surface area contributed by atoms with Crippen molar-refractivity contribution in [2.24, 2.45) is 0 Å². The summed E-state index contributed by atoms with van der Waals surface area (Å²) in [5.41, 5.74) is 7.31. The minimum absolute atomic E-state index is 0.118. The van der Waals surface area contributed by atoms with Crippen LogP contribution in [0.4, 0.5) is 10.8 Å². The van der Waals surface area contributed by atoms with Crippen LogP contribution in [0.5, 0.6) is 0 Å². The van der Waals surface area contributed by atoms with Crippen molar-refractivity contribution < 1.29 is 4.79 Å². The number of thiazole rings is 1. The Balaban J connectivity index is 2.00. The molecule has 19 heavy (non-hydrogen) atoms. The molecule has 0 atom stereocenters. The van der Waals surface area contributed by atoms with Gasteiger partial charge in [-0.25, -0.2) is 4.98 Å². The smallest absolute Gasteiger partial charge is 0.223 e. The number of nitrogens with one attached hydrogen (secondary N) is 1. The fraction of sp³-hybridized carbons (Fsp3) is 0.167. The lowest BCUT2D eigenvalue weighted by atomic mass is 10.3. The number of hydrogen-bond acceptors (Lipinski definition) is 5. The quantitative estimate of drug-likeness (QED) is 0.668. The van der Waals surface area contributed by atoms with Crippen molar-refractivity contribution in [3.8, 4) is 0 Å². The van der Waals surface area contributed by atoms with E-state index in [2.05, 4.69) is 10.3 Å². The van der Waals surface area contributed by atoms with E-state index in [1.165, 1.54) is 18.3 Å². The topological polar surface area (TPSA) is 68.0 Å². The summed E-state index contributed by atoms with van der Waals surface area (Å²) in [6.07, 6.45) is 0. The molecule has 0 unspecified atom stereocenters. The number of carbonyl (C=O) groups excluding carboxylic acids is 1. The van der Waals surface area contributed by atoms with E-state index in [9.17, 15) is 4.79 Å². The molecule has 2 rings (SSSR count). The predicted molar refractivity (Wildman–Crippen MR) is 81.8 cm³/mol. The molecule has 0 fully saturated rings. The van der Waals surface area contributed by atoms with Crippen LogP contribution < -0.4 is 11.1 Å². The average Bonchev–Trinajstić information content (AvgIpc) is 2.77. The van der Waals surface area contributed by atoms with Gasteiger partial charge < -0.3 is 11.1 Å². The molecule has 0 spiro atoms. The Bertz CT molecular complexity index is 600. The molecular formula is C12H12ClN3OS2. The Kier molecular flexibility index (Phi) is 4.68. The summed E-state index contributed by atoms with van der Waals surface area (Å²) in [7, 11) is 0. The number of anilines is 2. The highest BCUT2D eigenvalue weighted by atomic mass is 35.5. The third kappa shape index (κ3) is 4.12. The van der Waals surface area contributed by atoms with E-state index in [1.54, 1.807) is 23.9 Å². The van der Waals surface area contributed by atoms with E-state index in [-0.39, 0.29) is 5.91 Å². The van der Waals surface area contributed by atoms with Crippen LogP contribution in [0, 0.1) is 0 Å². The molecule has 0 radical (unpaired) electrons. The summed E-state index contributed by atoms with van der Waals surface area (Å²) in [5, 5.41) is 5.86. The van der Waals surface area contributed by atoms with Crippen molar-refractivity contribution in [3.05, 3.63) is 34.3 Å². The van der Waals surface area contributed by atoms with Crippen LogP contribution in [-0.4, -0.2) is 10.9 Å². The first-order valence-electron chi connectivity index (χ1n) is 5.44. The molecule has 4 nitrogen and oxygen atoms in total. The second kappa shape index (κ2) is 6.27. The number of carbonyl (C=O) groups is 1. The number of benzene rings is 1. The first-order valence-corrected chi connectivity index (χ1v) is 7.69. The number of aromatic nitrogens is 1. The van der Waals surface area contributed by atoms with Gasteiger partial charge in [-0.1, -0.05) is 11.6 Å². The van der Waals surface area contributed by atoms with E-state index in [0.717, 1.165) is 10.6 Å². The number of amides is 1. The highest BCUT2D eigenvalue weighted by Gasteiger charge is 2.06. The normalized spacial score (nSPS) is 10.4. The van der Waals surface area contributed by atoms with Gasteiger partial charge in [-0.2, -0.15) is 0 Å². The molecule has 1 heterocycles. The predicted octanol–water partition coefficient (Wildman–Crippen LogP) is 3.63. The molecule has 1 amide bonds. The average molecular weight is 314 g/mol. The molecular weight excluding hydrogens is 302 g/mol. The maximum absolute atomic E-state index is 10.9. The molecule has 2 aromatic rings. The highest BCUT2D eigenvalue weighted by Crippen LogP contribution is 2.32. The van der Waals surface area contributed by atoms with Crippen LogP contribution in [0.15, 0.2) is 28.5 Å². The van der Waals surface area contributed by atoms with Gasteiger partial charge in [0.05, 0.1) is 10.7 Å². The third-order valence-corrected chi connectivity index (χ3v) is 4.50. The van der Waals surface area contributed by atoms with Crippen molar-refractivity contribution in [1.82, 2.24) is 4.98 Å². The number of nitrogen functional groups attached to an aromatic ring is 1. The standard InChI is InChI=1S/C12H12ClN3OS2/c1-7(17)15-12-16-9(6-19-12)5-18-11-4-8(14)2-3-10(11)13/h2-4,6H,5,14H2,1H3,(H,15,16,17). The summed E-state index contributed by atoms with van der Waals surface area (Å²) < 4.78 is 0. The molecule has 1 aromatic heterocycles. The van der Waals surface area contributed by atoms with Gasteiger partial charge in [0.2, 0.25) is 5.91 Å². The van der Waals surface area contributed by atoms with E-state index < -0.39 is 0 Å². The molecule has 0 bridgehead atoms. The third-order valence-electron chi connectivity index (χ3n) is 2.17. The molecule has 7 heteroatoms. The van der Waals surface area contributed by atoms with Crippen molar-refractivity contribution in [2.75, 3.05) is 11.1 Å². The van der Waals surface area contributed by atoms with Crippen molar-refractivity contribution in [2.45, 2.75) is 17.6 Å².